The Morgan fingerprint density at radius 1 is 0.632 bits per heavy atom. The monoisotopic (exact) mass is 350 g/mol. The van der Waals surface area contributed by atoms with E-state index in [0.717, 1.165) is 15.6 Å². The van der Waals surface area contributed by atoms with E-state index >= 15 is 0 Å². The summed E-state index contributed by atoms with van der Waals surface area (Å²) in [5.74, 6) is 0. The van der Waals surface area contributed by atoms with Crippen molar-refractivity contribution < 1.29 is 0 Å². The summed E-state index contributed by atoms with van der Waals surface area (Å²) in [5, 5.41) is 3.69. The lowest BCUT2D eigenvalue weighted by Gasteiger charge is -2.06. The van der Waals surface area contributed by atoms with E-state index < -0.39 is 0 Å². The molecule has 3 rings (SSSR count). The molecule has 0 aliphatic heterocycles. The normalized spacial score (nSPS) is 10.9. The fourth-order valence-corrected chi connectivity index (χ4v) is 3.02. The number of halogens is 3. The number of hydrogen-bond donors (Lipinski definition) is 0. The lowest BCUT2D eigenvalue weighted by atomic mass is 10.0. The van der Waals surface area contributed by atoms with Crippen LogP contribution < -0.4 is 0 Å². The molecule has 0 fully saturated rings. The van der Waals surface area contributed by atoms with Crippen molar-refractivity contribution in [2.45, 2.75) is 0 Å². The molecule has 0 nitrogen and oxygen atoms in total. The first-order valence-electron chi connectivity index (χ1n) is 5.78. The molecule has 0 bridgehead atoms. The van der Waals surface area contributed by atoms with Gasteiger partial charge >= 0.3 is 0 Å². The van der Waals surface area contributed by atoms with E-state index in [1.807, 2.05) is 18.2 Å². The van der Waals surface area contributed by atoms with Crippen molar-refractivity contribution in [3.63, 3.8) is 0 Å². The van der Waals surface area contributed by atoms with Gasteiger partial charge in [-0.2, -0.15) is 0 Å². The van der Waals surface area contributed by atoms with E-state index in [1.165, 1.54) is 10.8 Å². The first-order valence-corrected chi connectivity index (χ1v) is 7.32. The summed E-state index contributed by atoms with van der Waals surface area (Å²) in [6.07, 6.45) is 0. The summed E-state index contributed by atoms with van der Waals surface area (Å²) >= 11 is 15.6. The van der Waals surface area contributed by atoms with Gasteiger partial charge in [-0.1, -0.05) is 57.3 Å². The standard InChI is InChI=1S/C16H9BrCl2/c17-14-4-3-10-5-11(1-2-12(10)6-14)13-7-15(18)9-16(19)8-13/h1-9H. The highest BCUT2D eigenvalue weighted by Crippen LogP contribution is 2.30. The predicted molar refractivity (Wildman–Crippen MR) is 87.1 cm³/mol. The van der Waals surface area contributed by atoms with Crippen molar-refractivity contribution in [2.24, 2.45) is 0 Å². The number of hydrogen-bond acceptors (Lipinski definition) is 0. The second-order valence-corrected chi connectivity index (χ2v) is 6.15. The lowest BCUT2D eigenvalue weighted by molar-refractivity contribution is 1.63. The molecule has 0 aromatic heterocycles. The molecule has 3 aromatic rings. The molecule has 0 saturated heterocycles. The molecule has 0 atom stereocenters. The molecule has 0 spiro atoms. The molecule has 0 amide bonds. The van der Waals surface area contributed by atoms with E-state index in [9.17, 15) is 0 Å². The van der Waals surface area contributed by atoms with Crippen LogP contribution in [0.4, 0.5) is 0 Å². The summed E-state index contributed by atoms with van der Waals surface area (Å²) in [4.78, 5) is 0. The van der Waals surface area contributed by atoms with Crippen LogP contribution in [0.3, 0.4) is 0 Å². The highest BCUT2D eigenvalue weighted by atomic mass is 79.9. The third kappa shape index (κ3) is 2.79. The maximum atomic E-state index is 6.05. The van der Waals surface area contributed by atoms with Crippen LogP contribution in [0.25, 0.3) is 21.9 Å². The van der Waals surface area contributed by atoms with Gasteiger partial charge in [0.15, 0.2) is 0 Å². The molecule has 3 aromatic carbocycles. The van der Waals surface area contributed by atoms with Gasteiger partial charge in [-0.05, 0) is 58.3 Å². The number of rotatable bonds is 1. The van der Waals surface area contributed by atoms with Gasteiger partial charge in [0.2, 0.25) is 0 Å². The van der Waals surface area contributed by atoms with E-state index in [4.69, 9.17) is 23.2 Å². The van der Waals surface area contributed by atoms with Gasteiger partial charge in [0, 0.05) is 14.5 Å². The zero-order valence-corrected chi connectivity index (χ0v) is 12.9. The van der Waals surface area contributed by atoms with Gasteiger partial charge in [0.1, 0.15) is 0 Å². The minimum absolute atomic E-state index is 0.651. The van der Waals surface area contributed by atoms with Crippen LogP contribution in [0, 0.1) is 0 Å². The molecule has 0 N–H and O–H groups in total. The Balaban J connectivity index is 2.17. The van der Waals surface area contributed by atoms with Gasteiger partial charge in [-0.25, -0.2) is 0 Å². The second kappa shape index (κ2) is 5.16. The lowest BCUT2D eigenvalue weighted by Crippen LogP contribution is -1.80. The predicted octanol–water partition coefficient (Wildman–Crippen LogP) is 6.58. The third-order valence-electron chi connectivity index (χ3n) is 3.00. The molecule has 0 unspecified atom stereocenters. The van der Waals surface area contributed by atoms with E-state index in [-0.39, 0.29) is 0 Å². The summed E-state index contributed by atoms with van der Waals surface area (Å²) in [7, 11) is 0. The van der Waals surface area contributed by atoms with Crippen LogP contribution in [-0.4, -0.2) is 0 Å². The zero-order chi connectivity index (χ0) is 13.4. The Bertz CT molecular complexity index is 746. The zero-order valence-electron chi connectivity index (χ0n) is 9.83. The molecule has 19 heavy (non-hydrogen) atoms. The van der Waals surface area contributed by atoms with Crippen molar-refractivity contribution in [3.05, 3.63) is 69.1 Å². The first-order chi connectivity index (χ1) is 9.11. The largest absolute Gasteiger partial charge is 0.0843 e. The number of fused-ring (bicyclic) bond motifs is 1. The van der Waals surface area contributed by atoms with Crippen LogP contribution in [-0.2, 0) is 0 Å². The van der Waals surface area contributed by atoms with Gasteiger partial charge < -0.3 is 0 Å². The van der Waals surface area contributed by atoms with E-state index in [2.05, 4.69) is 46.3 Å². The van der Waals surface area contributed by atoms with Gasteiger partial charge in [-0.3, -0.25) is 0 Å². The Morgan fingerprint density at radius 2 is 1.26 bits per heavy atom. The van der Waals surface area contributed by atoms with Crippen LogP contribution in [0.15, 0.2) is 59.1 Å². The van der Waals surface area contributed by atoms with Gasteiger partial charge in [0.05, 0.1) is 0 Å². The van der Waals surface area contributed by atoms with Crippen molar-refractivity contribution in [3.8, 4) is 11.1 Å². The summed E-state index contributed by atoms with van der Waals surface area (Å²) < 4.78 is 1.08. The molecule has 0 saturated carbocycles. The maximum absolute atomic E-state index is 6.05. The molecular formula is C16H9BrCl2. The molecule has 94 valence electrons. The van der Waals surface area contributed by atoms with Crippen LogP contribution in [0.2, 0.25) is 10.0 Å². The summed E-state index contributed by atoms with van der Waals surface area (Å²) in [6.45, 7) is 0. The first kappa shape index (κ1) is 13.0. The molecule has 0 radical (unpaired) electrons. The van der Waals surface area contributed by atoms with Crippen molar-refractivity contribution in [1.82, 2.24) is 0 Å². The SMILES string of the molecule is Clc1cc(Cl)cc(-c2ccc3cc(Br)ccc3c2)c1. The van der Waals surface area contributed by atoms with E-state index in [0.29, 0.717) is 10.0 Å². The smallest absolute Gasteiger partial charge is 0.0426 e. The van der Waals surface area contributed by atoms with Gasteiger partial charge in [-0.15, -0.1) is 0 Å². The topological polar surface area (TPSA) is 0 Å². The Labute approximate surface area is 130 Å². The van der Waals surface area contributed by atoms with Crippen molar-refractivity contribution in [2.75, 3.05) is 0 Å². The minimum Gasteiger partial charge on any atom is -0.0843 e. The van der Waals surface area contributed by atoms with Crippen LogP contribution >= 0.6 is 39.1 Å². The van der Waals surface area contributed by atoms with E-state index in [1.54, 1.807) is 6.07 Å². The van der Waals surface area contributed by atoms with Crippen molar-refractivity contribution >= 4 is 49.9 Å². The maximum Gasteiger partial charge on any atom is 0.0426 e. The highest BCUT2D eigenvalue weighted by Gasteiger charge is 2.03. The third-order valence-corrected chi connectivity index (χ3v) is 3.93. The Hall–Kier alpha value is -1.02. The highest BCUT2D eigenvalue weighted by molar-refractivity contribution is 9.10. The molecular weight excluding hydrogens is 343 g/mol. The van der Waals surface area contributed by atoms with Crippen LogP contribution in [0.5, 0.6) is 0 Å². The molecule has 0 aliphatic carbocycles. The Morgan fingerprint density at radius 3 is 2.00 bits per heavy atom. The minimum atomic E-state index is 0.651. The second-order valence-electron chi connectivity index (χ2n) is 4.36. The van der Waals surface area contributed by atoms with Gasteiger partial charge in [0.25, 0.3) is 0 Å². The number of benzene rings is 3. The summed E-state index contributed by atoms with van der Waals surface area (Å²) in [5.41, 5.74) is 2.14. The molecule has 0 aliphatic rings. The van der Waals surface area contributed by atoms with Crippen LogP contribution in [0.1, 0.15) is 0 Å². The fraction of sp³-hybridized carbons (Fsp3) is 0. The Kier molecular flexibility index (Phi) is 3.53. The fourth-order valence-electron chi connectivity index (χ4n) is 2.12. The summed E-state index contributed by atoms with van der Waals surface area (Å²) in [6, 6.07) is 18.1. The molecule has 0 heterocycles. The average molecular weight is 352 g/mol. The quantitative estimate of drug-likeness (QED) is 0.464. The van der Waals surface area contributed by atoms with Crippen molar-refractivity contribution in [1.29, 1.82) is 0 Å². The molecule has 3 heteroatoms. The average Bonchev–Trinajstić information content (AvgIpc) is 2.37.